The van der Waals surface area contributed by atoms with Crippen molar-refractivity contribution in [2.45, 2.75) is 46.5 Å². The highest BCUT2D eigenvalue weighted by Crippen LogP contribution is 2.43. The highest BCUT2D eigenvalue weighted by atomic mass is 14.3. The number of hydrogen-bond acceptors (Lipinski definition) is 0. The Bertz CT molecular complexity index is 686. The summed E-state index contributed by atoms with van der Waals surface area (Å²) in [5, 5.41) is 0. The van der Waals surface area contributed by atoms with E-state index < -0.39 is 0 Å². The highest BCUT2D eigenvalue weighted by molar-refractivity contribution is 6.02. The van der Waals surface area contributed by atoms with Crippen LogP contribution in [0.3, 0.4) is 0 Å². The molecule has 0 amide bonds. The van der Waals surface area contributed by atoms with Crippen LogP contribution < -0.4 is 0 Å². The molecule has 0 nitrogen and oxygen atoms in total. The number of fused-ring (bicyclic) bond motifs is 1. The number of rotatable bonds is 5. The summed E-state index contributed by atoms with van der Waals surface area (Å²) < 4.78 is 0. The third kappa shape index (κ3) is 2.75. The molecular weight excluding hydrogens is 264 g/mol. The van der Waals surface area contributed by atoms with Gasteiger partial charge in [-0.15, -0.1) is 0 Å². The molecule has 3 rings (SSSR count). The molecule has 2 aromatic rings. The summed E-state index contributed by atoms with van der Waals surface area (Å²) >= 11 is 0. The molecule has 113 valence electrons. The number of benzene rings is 2. The van der Waals surface area contributed by atoms with Gasteiger partial charge in [-0.3, -0.25) is 0 Å². The first-order valence-electron chi connectivity index (χ1n) is 8.51. The minimum Gasteiger partial charge on any atom is -0.0651 e. The molecule has 2 aromatic carbocycles. The van der Waals surface area contributed by atoms with Crippen LogP contribution >= 0.6 is 0 Å². The second-order valence-corrected chi connectivity index (χ2v) is 6.28. The lowest BCUT2D eigenvalue weighted by Gasteiger charge is -2.12. The quantitative estimate of drug-likeness (QED) is 0.612. The normalized spacial score (nSPS) is 13.6. The molecule has 1 aliphatic carbocycles. The second kappa shape index (κ2) is 6.52. The second-order valence-electron chi connectivity index (χ2n) is 6.28. The number of allylic oxidation sites excluding steroid dienone is 2. The first-order valence-corrected chi connectivity index (χ1v) is 8.51. The maximum absolute atomic E-state index is 2.39. The van der Waals surface area contributed by atoms with Crippen molar-refractivity contribution in [3.05, 3.63) is 76.7 Å². The minimum atomic E-state index is 1.16. The van der Waals surface area contributed by atoms with Gasteiger partial charge in [0.2, 0.25) is 0 Å². The number of aryl methyl sites for hydroxylation is 2. The van der Waals surface area contributed by atoms with Gasteiger partial charge in [0.25, 0.3) is 0 Å². The van der Waals surface area contributed by atoms with Gasteiger partial charge in [0.05, 0.1) is 0 Å². The molecule has 0 aromatic heterocycles. The Kier molecular flexibility index (Phi) is 4.47. The Balaban J connectivity index is 2.11. The lowest BCUT2D eigenvalue weighted by molar-refractivity contribution is 0.911. The van der Waals surface area contributed by atoms with Gasteiger partial charge < -0.3 is 0 Å². The van der Waals surface area contributed by atoms with Crippen LogP contribution in [0.4, 0.5) is 0 Å². The summed E-state index contributed by atoms with van der Waals surface area (Å²) in [6.07, 6.45) is 7.12. The molecule has 0 atom stereocenters. The van der Waals surface area contributed by atoms with Crippen LogP contribution in [0.15, 0.2) is 42.5 Å². The van der Waals surface area contributed by atoms with Gasteiger partial charge >= 0.3 is 0 Å². The fraction of sp³-hybridized carbons (Fsp3) is 0.318. The average molecular weight is 289 g/mol. The largest absolute Gasteiger partial charge is 0.0651 e. The van der Waals surface area contributed by atoms with Crippen molar-refractivity contribution in [2.75, 3.05) is 0 Å². The van der Waals surface area contributed by atoms with Gasteiger partial charge in [-0.1, -0.05) is 74.7 Å². The van der Waals surface area contributed by atoms with Gasteiger partial charge in [0.1, 0.15) is 0 Å². The van der Waals surface area contributed by atoms with Crippen LogP contribution in [0.25, 0.3) is 11.1 Å². The summed E-state index contributed by atoms with van der Waals surface area (Å²) in [5.41, 5.74) is 10.1. The van der Waals surface area contributed by atoms with Gasteiger partial charge in [0, 0.05) is 6.42 Å². The Labute approximate surface area is 134 Å². The molecule has 0 aliphatic heterocycles. The topological polar surface area (TPSA) is 0 Å². The SMILES string of the molecule is CCCC1=C(c2ccc(C)cc2)[CH]c2cccc(CCC)c21. The van der Waals surface area contributed by atoms with E-state index in [9.17, 15) is 0 Å². The van der Waals surface area contributed by atoms with Crippen LogP contribution in [-0.4, -0.2) is 0 Å². The van der Waals surface area contributed by atoms with E-state index in [1.54, 1.807) is 5.57 Å². The first-order chi connectivity index (χ1) is 10.7. The maximum Gasteiger partial charge on any atom is 0.0214 e. The zero-order valence-corrected chi connectivity index (χ0v) is 13.9. The van der Waals surface area contributed by atoms with Crippen molar-refractivity contribution >= 4 is 11.1 Å². The summed E-state index contributed by atoms with van der Waals surface area (Å²) in [5.74, 6) is 0. The van der Waals surface area contributed by atoms with Crippen LogP contribution in [0.1, 0.15) is 60.9 Å². The monoisotopic (exact) mass is 289 g/mol. The summed E-state index contributed by atoms with van der Waals surface area (Å²) in [6, 6.07) is 15.8. The molecule has 0 heterocycles. The zero-order valence-electron chi connectivity index (χ0n) is 13.9. The van der Waals surface area contributed by atoms with E-state index in [1.807, 2.05) is 0 Å². The number of hydrogen-bond donors (Lipinski definition) is 0. The molecule has 0 bridgehead atoms. The smallest absolute Gasteiger partial charge is 0.0214 e. The van der Waals surface area contributed by atoms with Gasteiger partial charge in [-0.25, -0.2) is 0 Å². The van der Waals surface area contributed by atoms with Crippen molar-refractivity contribution in [1.29, 1.82) is 0 Å². The molecule has 22 heavy (non-hydrogen) atoms. The Morgan fingerprint density at radius 1 is 0.818 bits per heavy atom. The Morgan fingerprint density at radius 3 is 2.23 bits per heavy atom. The van der Waals surface area contributed by atoms with E-state index in [2.05, 4.69) is 69.7 Å². The molecule has 0 unspecified atom stereocenters. The molecule has 0 spiro atoms. The molecule has 0 heteroatoms. The van der Waals surface area contributed by atoms with E-state index in [1.165, 1.54) is 52.7 Å². The first kappa shape index (κ1) is 15.1. The molecule has 1 radical (unpaired) electrons. The van der Waals surface area contributed by atoms with E-state index >= 15 is 0 Å². The zero-order chi connectivity index (χ0) is 15.5. The van der Waals surface area contributed by atoms with Crippen LogP contribution in [0.5, 0.6) is 0 Å². The molecule has 0 saturated heterocycles. The lowest BCUT2D eigenvalue weighted by Crippen LogP contribution is -1.94. The van der Waals surface area contributed by atoms with Crippen molar-refractivity contribution in [3.63, 3.8) is 0 Å². The minimum absolute atomic E-state index is 1.16. The predicted octanol–water partition coefficient (Wildman–Crippen LogP) is 6.22. The van der Waals surface area contributed by atoms with Gasteiger partial charge in [-0.2, -0.15) is 0 Å². The summed E-state index contributed by atoms with van der Waals surface area (Å²) in [6.45, 7) is 6.69. The van der Waals surface area contributed by atoms with Crippen LogP contribution in [0.2, 0.25) is 0 Å². The van der Waals surface area contributed by atoms with E-state index in [4.69, 9.17) is 0 Å². The average Bonchev–Trinajstić information content (AvgIpc) is 2.89. The molecule has 0 N–H and O–H groups in total. The summed E-state index contributed by atoms with van der Waals surface area (Å²) in [7, 11) is 0. The predicted molar refractivity (Wildman–Crippen MR) is 96.7 cm³/mol. The van der Waals surface area contributed by atoms with E-state index in [0.717, 1.165) is 6.42 Å². The third-order valence-corrected chi connectivity index (χ3v) is 4.49. The van der Waals surface area contributed by atoms with Crippen molar-refractivity contribution < 1.29 is 0 Å². The summed E-state index contributed by atoms with van der Waals surface area (Å²) in [4.78, 5) is 0. The Morgan fingerprint density at radius 2 is 1.55 bits per heavy atom. The molecule has 0 saturated carbocycles. The van der Waals surface area contributed by atoms with Crippen LogP contribution in [-0.2, 0) is 6.42 Å². The highest BCUT2D eigenvalue weighted by Gasteiger charge is 2.24. The van der Waals surface area contributed by atoms with Gasteiger partial charge in [0.15, 0.2) is 0 Å². The molecular formula is C22H25. The van der Waals surface area contributed by atoms with E-state index in [0.29, 0.717) is 0 Å². The lowest BCUT2D eigenvalue weighted by atomic mass is 9.92. The standard InChI is InChI=1S/C22H25/c1-4-7-18-9-6-10-19-15-21(20(8-5-2)22(18)19)17-13-11-16(3)12-14-17/h6,9-15H,4-5,7-8H2,1-3H3. The molecule has 1 aliphatic rings. The van der Waals surface area contributed by atoms with Crippen molar-refractivity contribution in [3.8, 4) is 0 Å². The maximum atomic E-state index is 2.39. The van der Waals surface area contributed by atoms with Crippen molar-refractivity contribution in [2.24, 2.45) is 0 Å². The molecule has 0 fully saturated rings. The third-order valence-electron chi connectivity index (χ3n) is 4.49. The fourth-order valence-corrected chi connectivity index (χ4v) is 3.46. The van der Waals surface area contributed by atoms with Crippen molar-refractivity contribution in [1.82, 2.24) is 0 Å². The Hall–Kier alpha value is -1.82. The fourth-order valence-electron chi connectivity index (χ4n) is 3.46. The van der Waals surface area contributed by atoms with Crippen LogP contribution in [0, 0.1) is 13.3 Å². The van der Waals surface area contributed by atoms with E-state index in [-0.39, 0.29) is 0 Å². The van der Waals surface area contributed by atoms with Gasteiger partial charge in [-0.05, 0) is 53.2 Å².